The van der Waals surface area contributed by atoms with E-state index in [1.807, 2.05) is 24.9 Å². The summed E-state index contributed by atoms with van der Waals surface area (Å²) in [5, 5.41) is 26.1. The van der Waals surface area contributed by atoms with Gasteiger partial charge in [0.25, 0.3) is 5.69 Å². The molecule has 1 aromatic heterocycles. The fourth-order valence-corrected chi connectivity index (χ4v) is 3.11. The minimum Gasteiger partial charge on any atom is -0.491 e. The van der Waals surface area contributed by atoms with Crippen LogP contribution in [0, 0.1) is 10.1 Å². The molecule has 0 aliphatic rings. The summed E-state index contributed by atoms with van der Waals surface area (Å²) >= 11 is 1.73. The molecule has 2 aromatic rings. The lowest BCUT2D eigenvalue weighted by molar-refractivity contribution is -0.384. The van der Waals surface area contributed by atoms with Gasteiger partial charge in [0.05, 0.1) is 11.5 Å². The summed E-state index contributed by atoms with van der Waals surface area (Å²) in [5.41, 5.74) is -0.00151. The Morgan fingerprint density at radius 3 is 2.75 bits per heavy atom. The smallest absolute Gasteiger partial charge is 0.269 e. The molecular weight excluding hydrogens is 380 g/mol. The van der Waals surface area contributed by atoms with Crippen LogP contribution in [0.15, 0.2) is 46.8 Å². The maximum absolute atomic E-state index is 10.6. The number of guanidine groups is 1. The summed E-state index contributed by atoms with van der Waals surface area (Å²) in [6.45, 7) is 3.80. The number of aliphatic hydroxyl groups is 1. The van der Waals surface area contributed by atoms with Crippen LogP contribution < -0.4 is 10.1 Å². The third kappa shape index (κ3) is 7.16. The Balaban J connectivity index is 1.82. The second kappa shape index (κ2) is 11.3. The Hall–Kier alpha value is -2.65. The van der Waals surface area contributed by atoms with E-state index in [-0.39, 0.29) is 18.8 Å². The van der Waals surface area contributed by atoms with Crippen molar-refractivity contribution in [2.45, 2.75) is 19.4 Å². The number of ether oxygens (including phenoxy) is 1. The number of nitro benzene ring substituents is 1. The van der Waals surface area contributed by atoms with Crippen molar-refractivity contribution in [2.75, 3.05) is 33.3 Å². The molecule has 28 heavy (non-hydrogen) atoms. The molecule has 0 saturated carbocycles. The van der Waals surface area contributed by atoms with E-state index in [0.717, 1.165) is 25.5 Å². The van der Waals surface area contributed by atoms with Gasteiger partial charge in [-0.05, 0) is 36.9 Å². The molecule has 8 nitrogen and oxygen atoms in total. The molecular formula is C19H26N4O4S. The number of likely N-dealkylation sites (N-methyl/N-ethyl adjacent to an activating group) is 1. The minimum atomic E-state index is -0.783. The highest BCUT2D eigenvalue weighted by atomic mass is 32.1. The van der Waals surface area contributed by atoms with Crippen molar-refractivity contribution < 1.29 is 14.8 Å². The molecule has 9 heteroatoms. The Kier molecular flexibility index (Phi) is 8.70. The highest BCUT2D eigenvalue weighted by Gasteiger charge is 2.10. The summed E-state index contributed by atoms with van der Waals surface area (Å²) in [5.74, 6) is 1.20. The van der Waals surface area contributed by atoms with Crippen LogP contribution in [0.25, 0.3) is 0 Å². The van der Waals surface area contributed by atoms with Crippen molar-refractivity contribution in [3.8, 4) is 5.75 Å². The molecule has 0 radical (unpaired) electrons. The molecule has 152 valence electrons. The number of aliphatic imine (C=N–C) groups is 1. The molecule has 0 aliphatic carbocycles. The van der Waals surface area contributed by atoms with Gasteiger partial charge in [0.15, 0.2) is 5.96 Å². The van der Waals surface area contributed by atoms with E-state index in [0.29, 0.717) is 5.75 Å². The van der Waals surface area contributed by atoms with Crippen molar-refractivity contribution >= 4 is 23.0 Å². The second-order valence-corrected chi connectivity index (χ2v) is 7.19. The Bertz CT molecular complexity index is 750. The summed E-state index contributed by atoms with van der Waals surface area (Å²) in [6.07, 6.45) is 0.152. The van der Waals surface area contributed by atoms with Gasteiger partial charge in [-0.15, -0.1) is 11.3 Å². The second-order valence-electron chi connectivity index (χ2n) is 6.16. The summed E-state index contributed by atoms with van der Waals surface area (Å²) in [6, 6.07) is 9.91. The fourth-order valence-electron chi connectivity index (χ4n) is 2.41. The first-order chi connectivity index (χ1) is 13.5. The van der Waals surface area contributed by atoms with Crippen LogP contribution in [-0.4, -0.2) is 60.3 Å². The molecule has 2 rings (SSSR count). The first-order valence-corrected chi connectivity index (χ1v) is 9.94. The maximum atomic E-state index is 10.6. The standard InChI is InChI=1S/C19H26N4O4S/c1-3-20-19(22(2)11-10-18-5-4-12-28-18)21-13-16(24)14-27-17-8-6-15(7-9-17)23(25)26/h4-9,12,16,24H,3,10-11,13-14H2,1-2H3,(H,20,21). The molecule has 1 heterocycles. The number of hydrogen-bond acceptors (Lipinski definition) is 6. The van der Waals surface area contributed by atoms with Gasteiger partial charge in [-0.25, -0.2) is 0 Å². The van der Waals surface area contributed by atoms with Gasteiger partial charge in [-0.3, -0.25) is 15.1 Å². The van der Waals surface area contributed by atoms with Crippen molar-refractivity contribution in [3.05, 3.63) is 56.8 Å². The summed E-state index contributed by atoms with van der Waals surface area (Å²) < 4.78 is 5.48. The van der Waals surface area contributed by atoms with E-state index in [1.165, 1.54) is 29.1 Å². The summed E-state index contributed by atoms with van der Waals surface area (Å²) in [7, 11) is 1.97. The van der Waals surface area contributed by atoms with E-state index in [2.05, 4.69) is 21.8 Å². The maximum Gasteiger partial charge on any atom is 0.269 e. The van der Waals surface area contributed by atoms with Crippen molar-refractivity contribution in [1.29, 1.82) is 0 Å². The number of aliphatic hydroxyl groups excluding tert-OH is 1. The quantitative estimate of drug-likeness (QED) is 0.272. The lowest BCUT2D eigenvalue weighted by Crippen LogP contribution is -2.40. The van der Waals surface area contributed by atoms with E-state index in [4.69, 9.17) is 4.74 Å². The molecule has 0 fully saturated rings. The van der Waals surface area contributed by atoms with Crippen LogP contribution in [-0.2, 0) is 6.42 Å². The highest BCUT2D eigenvalue weighted by molar-refractivity contribution is 7.09. The topological polar surface area (TPSA) is 100 Å². The predicted octanol–water partition coefficient (Wildman–Crippen LogP) is 2.54. The number of non-ortho nitro benzene ring substituents is 1. The van der Waals surface area contributed by atoms with Gasteiger partial charge < -0.3 is 20.1 Å². The average molecular weight is 407 g/mol. The first-order valence-electron chi connectivity index (χ1n) is 9.06. The molecule has 0 spiro atoms. The predicted molar refractivity (Wildman–Crippen MR) is 111 cm³/mol. The van der Waals surface area contributed by atoms with Gasteiger partial charge in [0.1, 0.15) is 18.5 Å². The van der Waals surface area contributed by atoms with Gasteiger partial charge in [-0.1, -0.05) is 6.07 Å². The van der Waals surface area contributed by atoms with E-state index < -0.39 is 11.0 Å². The molecule has 0 amide bonds. The minimum absolute atomic E-state index is 0.00151. The van der Waals surface area contributed by atoms with Crippen LogP contribution in [0.1, 0.15) is 11.8 Å². The zero-order chi connectivity index (χ0) is 20.4. The zero-order valence-corrected chi connectivity index (χ0v) is 16.9. The third-order valence-corrected chi connectivity index (χ3v) is 4.85. The lowest BCUT2D eigenvalue weighted by Gasteiger charge is -2.22. The summed E-state index contributed by atoms with van der Waals surface area (Å²) in [4.78, 5) is 18.0. The fraction of sp³-hybridized carbons (Fsp3) is 0.421. The Morgan fingerprint density at radius 1 is 1.39 bits per heavy atom. The number of nitrogens with zero attached hydrogens (tertiary/aromatic N) is 3. The van der Waals surface area contributed by atoms with Crippen LogP contribution in [0.2, 0.25) is 0 Å². The van der Waals surface area contributed by atoms with Gasteiger partial charge in [0, 0.05) is 37.1 Å². The van der Waals surface area contributed by atoms with Crippen LogP contribution in [0.4, 0.5) is 5.69 Å². The van der Waals surface area contributed by atoms with E-state index in [9.17, 15) is 15.2 Å². The monoisotopic (exact) mass is 406 g/mol. The van der Waals surface area contributed by atoms with Crippen molar-refractivity contribution in [2.24, 2.45) is 4.99 Å². The van der Waals surface area contributed by atoms with Gasteiger partial charge in [-0.2, -0.15) is 0 Å². The largest absolute Gasteiger partial charge is 0.491 e. The van der Waals surface area contributed by atoms with Crippen molar-refractivity contribution in [3.63, 3.8) is 0 Å². The number of benzene rings is 1. The van der Waals surface area contributed by atoms with Crippen LogP contribution >= 0.6 is 11.3 Å². The van der Waals surface area contributed by atoms with Crippen molar-refractivity contribution in [1.82, 2.24) is 10.2 Å². The third-order valence-electron chi connectivity index (χ3n) is 3.91. The molecule has 0 aliphatic heterocycles. The molecule has 2 N–H and O–H groups in total. The number of rotatable bonds is 10. The van der Waals surface area contributed by atoms with E-state index in [1.54, 1.807) is 11.3 Å². The molecule has 0 bridgehead atoms. The molecule has 1 unspecified atom stereocenters. The lowest BCUT2D eigenvalue weighted by atomic mass is 10.3. The normalized spacial score (nSPS) is 12.5. The number of thiophene rings is 1. The number of nitrogens with one attached hydrogen (secondary N) is 1. The average Bonchev–Trinajstić information content (AvgIpc) is 3.21. The van der Waals surface area contributed by atoms with Gasteiger partial charge in [0.2, 0.25) is 0 Å². The van der Waals surface area contributed by atoms with Crippen LogP contribution in [0.5, 0.6) is 5.75 Å². The van der Waals surface area contributed by atoms with Gasteiger partial charge >= 0.3 is 0 Å². The SMILES string of the molecule is CCNC(=NCC(O)COc1ccc([N+](=O)[O-])cc1)N(C)CCc1cccs1. The Morgan fingerprint density at radius 2 is 2.14 bits per heavy atom. The van der Waals surface area contributed by atoms with Crippen LogP contribution in [0.3, 0.4) is 0 Å². The molecule has 0 saturated heterocycles. The number of hydrogen-bond donors (Lipinski definition) is 2. The highest BCUT2D eigenvalue weighted by Crippen LogP contribution is 2.17. The molecule has 1 atom stereocenters. The van der Waals surface area contributed by atoms with E-state index >= 15 is 0 Å². The number of nitro groups is 1. The Labute approximate surface area is 168 Å². The first kappa shape index (κ1) is 21.6. The molecule has 1 aromatic carbocycles. The zero-order valence-electron chi connectivity index (χ0n) is 16.1.